The summed E-state index contributed by atoms with van der Waals surface area (Å²) in [6, 6.07) is 15.7. The molecule has 2 heterocycles. The Balaban J connectivity index is 1.42. The van der Waals surface area contributed by atoms with Crippen molar-refractivity contribution in [2.75, 3.05) is 7.05 Å². The molecule has 4 aromatic rings. The maximum absolute atomic E-state index is 12.7. The highest BCUT2D eigenvalue weighted by atomic mass is 32.1. The lowest BCUT2D eigenvalue weighted by molar-refractivity contribution is -0.122. The zero-order valence-corrected chi connectivity index (χ0v) is 19.4. The summed E-state index contributed by atoms with van der Waals surface area (Å²) in [5.41, 5.74) is 3.23. The van der Waals surface area contributed by atoms with E-state index in [1.54, 1.807) is 24.3 Å². The fourth-order valence-electron chi connectivity index (χ4n) is 3.53. The first-order chi connectivity index (χ1) is 16.4. The van der Waals surface area contributed by atoms with Crippen molar-refractivity contribution >= 4 is 34.1 Å². The molecule has 0 radical (unpaired) electrons. The van der Waals surface area contributed by atoms with Gasteiger partial charge in [-0.2, -0.15) is 5.10 Å². The number of aryl methyl sites for hydroxylation is 1. The third-order valence-electron chi connectivity index (χ3n) is 5.17. The van der Waals surface area contributed by atoms with Crippen LogP contribution in [0.1, 0.15) is 26.6 Å². The van der Waals surface area contributed by atoms with Gasteiger partial charge in [0.25, 0.3) is 5.91 Å². The standard InChI is InChI=1S/C24H23N5O4S/c1-14-11-16(18-5-3-4-6-19(18)26-14)13-33-17-9-7-15(8-10-17)22(30)27-20(23(31)25-2)12-21-28-29-24(32)34-21/h3-11,20H,12-13H2,1-2H3,(H,25,31)(H,27,30)(H,29,32). The lowest BCUT2D eigenvalue weighted by Gasteiger charge is -2.16. The van der Waals surface area contributed by atoms with Crippen LogP contribution in [0.25, 0.3) is 10.9 Å². The van der Waals surface area contributed by atoms with Crippen molar-refractivity contribution < 1.29 is 14.3 Å². The molecular formula is C24H23N5O4S. The Morgan fingerprint density at radius 2 is 1.91 bits per heavy atom. The van der Waals surface area contributed by atoms with E-state index in [4.69, 9.17) is 4.74 Å². The highest BCUT2D eigenvalue weighted by Gasteiger charge is 2.22. The van der Waals surface area contributed by atoms with Crippen LogP contribution in [0.5, 0.6) is 5.75 Å². The van der Waals surface area contributed by atoms with E-state index in [1.807, 2.05) is 37.3 Å². The maximum Gasteiger partial charge on any atom is 0.322 e. The number of carbonyl (C=O) groups excluding carboxylic acids is 2. The van der Waals surface area contributed by atoms with Gasteiger partial charge in [-0.3, -0.25) is 19.4 Å². The number of pyridine rings is 1. The van der Waals surface area contributed by atoms with Gasteiger partial charge >= 0.3 is 4.87 Å². The number of fused-ring (bicyclic) bond motifs is 1. The second kappa shape index (κ2) is 10.3. The van der Waals surface area contributed by atoms with Crippen LogP contribution in [-0.2, 0) is 17.8 Å². The fraction of sp³-hybridized carbons (Fsp3) is 0.208. The van der Waals surface area contributed by atoms with Gasteiger partial charge in [0, 0.05) is 35.7 Å². The van der Waals surface area contributed by atoms with Crippen molar-refractivity contribution in [3.05, 3.63) is 86.1 Å². The molecule has 10 heteroatoms. The van der Waals surface area contributed by atoms with Gasteiger partial charge in [-0.1, -0.05) is 29.5 Å². The van der Waals surface area contributed by atoms with Gasteiger partial charge in [-0.15, -0.1) is 0 Å². The molecule has 0 saturated carbocycles. The lowest BCUT2D eigenvalue weighted by Crippen LogP contribution is -2.47. The Bertz CT molecular complexity index is 1380. The van der Waals surface area contributed by atoms with Crippen molar-refractivity contribution in [1.29, 1.82) is 0 Å². The molecule has 174 valence electrons. The molecule has 2 amide bonds. The molecule has 2 aromatic carbocycles. The molecule has 34 heavy (non-hydrogen) atoms. The van der Waals surface area contributed by atoms with Crippen molar-refractivity contribution in [3.8, 4) is 5.75 Å². The van der Waals surface area contributed by atoms with Crippen LogP contribution >= 0.6 is 11.3 Å². The number of hydrogen-bond acceptors (Lipinski definition) is 7. The SMILES string of the molecule is CNC(=O)C(Cc1n[nH]c(=O)s1)NC(=O)c1ccc(OCc2cc(C)nc3ccccc23)cc1. The molecular weight excluding hydrogens is 454 g/mol. The number of ether oxygens (including phenoxy) is 1. The smallest absolute Gasteiger partial charge is 0.322 e. The van der Waals surface area contributed by atoms with Gasteiger partial charge in [0.05, 0.1) is 5.52 Å². The number of hydrogen-bond donors (Lipinski definition) is 3. The van der Waals surface area contributed by atoms with Crippen molar-refractivity contribution in [1.82, 2.24) is 25.8 Å². The summed E-state index contributed by atoms with van der Waals surface area (Å²) in [5, 5.41) is 12.9. The average Bonchev–Trinajstić information content (AvgIpc) is 3.26. The largest absolute Gasteiger partial charge is 0.489 e. The van der Waals surface area contributed by atoms with Crippen LogP contribution in [0.4, 0.5) is 0 Å². The Kier molecular flexibility index (Phi) is 6.98. The molecule has 3 N–H and O–H groups in total. The normalized spacial score (nSPS) is 11.7. The molecule has 1 unspecified atom stereocenters. The highest BCUT2D eigenvalue weighted by Crippen LogP contribution is 2.21. The molecule has 0 aliphatic carbocycles. The van der Waals surface area contributed by atoms with Crippen molar-refractivity contribution in [3.63, 3.8) is 0 Å². The number of carbonyl (C=O) groups is 2. The first-order valence-corrected chi connectivity index (χ1v) is 11.4. The average molecular weight is 478 g/mol. The minimum Gasteiger partial charge on any atom is -0.489 e. The van der Waals surface area contributed by atoms with Gasteiger partial charge in [-0.25, -0.2) is 5.10 Å². The zero-order valence-electron chi connectivity index (χ0n) is 18.6. The minimum absolute atomic E-state index is 0.106. The Labute approximate surface area is 199 Å². The third kappa shape index (κ3) is 5.46. The van der Waals surface area contributed by atoms with E-state index in [0.29, 0.717) is 22.9 Å². The van der Waals surface area contributed by atoms with Gasteiger partial charge in [0.1, 0.15) is 23.4 Å². The van der Waals surface area contributed by atoms with E-state index in [9.17, 15) is 14.4 Å². The topological polar surface area (TPSA) is 126 Å². The van der Waals surface area contributed by atoms with E-state index < -0.39 is 11.9 Å². The number of rotatable bonds is 8. The number of aromatic amines is 1. The van der Waals surface area contributed by atoms with Gasteiger partial charge in [0.2, 0.25) is 5.91 Å². The number of nitrogens with one attached hydrogen (secondary N) is 3. The quantitative estimate of drug-likeness (QED) is 0.358. The summed E-state index contributed by atoms with van der Waals surface area (Å²) < 4.78 is 5.94. The zero-order chi connectivity index (χ0) is 24.1. The molecule has 0 fully saturated rings. The number of H-pyrrole nitrogens is 1. The van der Waals surface area contributed by atoms with Crippen LogP contribution in [0, 0.1) is 6.92 Å². The van der Waals surface area contributed by atoms with Crippen LogP contribution in [0.3, 0.4) is 0 Å². The van der Waals surface area contributed by atoms with Crippen LogP contribution in [0.2, 0.25) is 0 Å². The van der Waals surface area contributed by atoms with Gasteiger partial charge in [-0.05, 0) is 43.3 Å². The number of para-hydroxylation sites is 1. The van der Waals surface area contributed by atoms with Crippen LogP contribution < -0.4 is 20.2 Å². The molecule has 0 aliphatic rings. The number of likely N-dealkylation sites (N-methyl/N-ethyl adjacent to an activating group) is 1. The summed E-state index contributed by atoms with van der Waals surface area (Å²) in [7, 11) is 1.48. The Morgan fingerprint density at radius 3 is 2.62 bits per heavy atom. The second-order valence-corrected chi connectivity index (χ2v) is 8.65. The fourth-order valence-corrected chi connectivity index (χ4v) is 4.17. The third-order valence-corrected chi connectivity index (χ3v) is 5.94. The highest BCUT2D eigenvalue weighted by molar-refractivity contribution is 7.08. The minimum atomic E-state index is -0.865. The molecule has 0 saturated heterocycles. The molecule has 0 spiro atoms. The molecule has 2 aromatic heterocycles. The number of benzene rings is 2. The molecule has 0 bridgehead atoms. The van der Waals surface area contributed by atoms with Crippen molar-refractivity contribution in [2.24, 2.45) is 0 Å². The Hall–Kier alpha value is -4.05. The van der Waals surface area contributed by atoms with Crippen LogP contribution in [-0.4, -0.2) is 40.1 Å². The molecule has 9 nitrogen and oxygen atoms in total. The number of nitrogens with zero attached hydrogens (tertiary/aromatic N) is 2. The summed E-state index contributed by atoms with van der Waals surface area (Å²) in [6.45, 7) is 2.31. The summed E-state index contributed by atoms with van der Waals surface area (Å²) in [5.74, 6) is -0.186. The van der Waals surface area contributed by atoms with E-state index in [0.717, 1.165) is 33.5 Å². The Morgan fingerprint density at radius 1 is 1.15 bits per heavy atom. The predicted octanol–water partition coefficient (Wildman–Crippen LogP) is 2.35. The van der Waals surface area contributed by atoms with E-state index >= 15 is 0 Å². The predicted molar refractivity (Wildman–Crippen MR) is 129 cm³/mol. The summed E-state index contributed by atoms with van der Waals surface area (Å²) >= 11 is 0.900. The molecule has 1 atom stereocenters. The van der Waals surface area contributed by atoms with Gasteiger partial charge < -0.3 is 15.4 Å². The maximum atomic E-state index is 12.7. The summed E-state index contributed by atoms with van der Waals surface area (Å²) in [6.07, 6.45) is 0.106. The monoisotopic (exact) mass is 477 g/mol. The van der Waals surface area contributed by atoms with Crippen molar-refractivity contribution in [2.45, 2.75) is 26.0 Å². The first-order valence-electron chi connectivity index (χ1n) is 10.6. The molecule has 4 rings (SSSR count). The first kappa shape index (κ1) is 23.1. The number of amides is 2. The second-order valence-electron chi connectivity index (χ2n) is 7.60. The van der Waals surface area contributed by atoms with E-state index in [2.05, 4.69) is 25.8 Å². The summed E-state index contributed by atoms with van der Waals surface area (Å²) in [4.78, 5) is 40.5. The number of aromatic nitrogens is 3. The van der Waals surface area contributed by atoms with Crippen LogP contribution in [0.15, 0.2) is 59.4 Å². The lowest BCUT2D eigenvalue weighted by atomic mass is 10.1. The van der Waals surface area contributed by atoms with Gasteiger partial charge in [0.15, 0.2) is 0 Å². The van der Waals surface area contributed by atoms with E-state index in [-0.39, 0.29) is 17.2 Å². The van der Waals surface area contributed by atoms with E-state index in [1.165, 1.54) is 7.05 Å². The molecule has 0 aliphatic heterocycles.